The highest BCUT2D eigenvalue weighted by atomic mass is 16.5. The number of carbonyl (C=O) groups excluding carboxylic acids is 1. The molecule has 0 radical (unpaired) electrons. The first-order chi connectivity index (χ1) is 14.6. The molecule has 0 spiro atoms. The second-order valence-electron chi connectivity index (χ2n) is 7.57. The number of carbonyl (C=O) groups is 1. The molecule has 3 aromatic rings. The zero-order valence-electron chi connectivity index (χ0n) is 17.5. The molecule has 3 nitrogen and oxygen atoms in total. The largest absolute Gasteiger partial charge is 0.461 e. The van der Waals surface area contributed by atoms with Crippen molar-refractivity contribution in [1.29, 1.82) is 0 Å². The Labute approximate surface area is 179 Å². The summed E-state index contributed by atoms with van der Waals surface area (Å²) in [5.41, 5.74) is 2.03. The van der Waals surface area contributed by atoms with Crippen molar-refractivity contribution in [2.75, 3.05) is 0 Å². The zero-order chi connectivity index (χ0) is 21.2. The molecule has 3 heteroatoms. The Bertz CT molecular complexity index is 946. The van der Waals surface area contributed by atoms with E-state index in [9.17, 15) is 4.79 Å². The number of allylic oxidation sites excluding steroid dienone is 1. The van der Waals surface area contributed by atoms with Crippen LogP contribution >= 0.6 is 0 Å². The lowest BCUT2D eigenvalue weighted by molar-refractivity contribution is -0.151. The Morgan fingerprint density at radius 3 is 2.23 bits per heavy atom. The second-order valence-corrected chi connectivity index (χ2v) is 7.57. The van der Waals surface area contributed by atoms with E-state index in [1.54, 1.807) is 0 Å². The number of rotatable bonds is 9. The smallest absolute Gasteiger partial charge is 0.309 e. The first-order valence-corrected chi connectivity index (χ1v) is 10.3. The molecule has 30 heavy (non-hydrogen) atoms. The summed E-state index contributed by atoms with van der Waals surface area (Å²) in [5.74, 6) is 1.36. The Kier molecular flexibility index (Phi) is 7.85. The van der Waals surface area contributed by atoms with Crippen molar-refractivity contribution in [3.8, 4) is 11.5 Å². The second kappa shape index (κ2) is 11.0. The monoisotopic (exact) mass is 400 g/mol. The molecule has 0 aliphatic heterocycles. The summed E-state index contributed by atoms with van der Waals surface area (Å²) in [6.45, 7) is 4.34. The number of para-hydroxylation sites is 1. The molecule has 3 aromatic carbocycles. The summed E-state index contributed by atoms with van der Waals surface area (Å²) >= 11 is 0. The molecule has 0 N–H and O–H groups in total. The van der Waals surface area contributed by atoms with Crippen LogP contribution in [0.1, 0.15) is 31.4 Å². The van der Waals surface area contributed by atoms with Crippen LogP contribution in [0.5, 0.6) is 11.5 Å². The van der Waals surface area contributed by atoms with Gasteiger partial charge in [-0.15, -0.1) is 0 Å². The van der Waals surface area contributed by atoms with E-state index in [0.29, 0.717) is 6.42 Å². The summed E-state index contributed by atoms with van der Waals surface area (Å²) < 4.78 is 11.5. The molecular formula is C27H28O3. The van der Waals surface area contributed by atoms with E-state index < -0.39 is 0 Å². The molecule has 0 saturated carbocycles. The van der Waals surface area contributed by atoms with Gasteiger partial charge in [-0.25, -0.2) is 0 Å². The quantitative estimate of drug-likeness (QED) is 0.367. The Hall–Kier alpha value is -3.33. The molecule has 1 unspecified atom stereocenters. The lowest BCUT2D eigenvalue weighted by atomic mass is 9.92. The Morgan fingerprint density at radius 1 is 0.867 bits per heavy atom. The van der Waals surface area contributed by atoms with Gasteiger partial charge in [0.05, 0.1) is 5.92 Å². The minimum atomic E-state index is -0.172. The van der Waals surface area contributed by atoms with E-state index in [1.165, 1.54) is 0 Å². The molecule has 0 aliphatic carbocycles. The van der Waals surface area contributed by atoms with E-state index in [4.69, 9.17) is 9.47 Å². The van der Waals surface area contributed by atoms with Crippen LogP contribution in [0.3, 0.4) is 0 Å². The number of ether oxygens (including phenoxy) is 2. The molecule has 0 aromatic heterocycles. The standard InChI is InChI=1S/C27H28O3/c1-21(2)26(18-10-13-22-11-5-3-6-12-22)27(28)29-20-23-14-9-17-25(19-23)30-24-15-7-4-8-16-24/h3-17,19,21,26H,18,20H2,1-2H3/b13-10+. The summed E-state index contributed by atoms with van der Waals surface area (Å²) in [6.07, 6.45) is 4.76. The molecule has 1 atom stereocenters. The number of benzene rings is 3. The third-order valence-electron chi connectivity index (χ3n) is 4.87. The highest BCUT2D eigenvalue weighted by molar-refractivity contribution is 5.73. The van der Waals surface area contributed by atoms with E-state index >= 15 is 0 Å². The van der Waals surface area contributed by atoms with Gasteiger partial charge in [0.1, 0.15) is 18.1 Å². The highest BCUT2D eigenvalue weighted by Gasteiger charge is 2.22. The maximum Gasteiger partial charge on any atom is 0.309 e. The Balaban J connectivity index is 1.56. The van der Waals surface area contributed by atoms with Gasteiger partial charge in [-0.05, 0) is 47.7 Å². The lowest BCUT2D eigenvalue weighted by Gasteiger charge is -2.18. The van der Waals surface area contributed by atoms with Gasteiger partial charge in [-0.2, -0.15) is 0 Å². The van der Waals surface area contributed by atoms with Crippen LogP contribution < -0.4 is 4.74 Å². The molecule has 0 bridgehead atoms. The maximum atomic E-state index is 12.7. The summed E-state index contributed by atoms with van der Waals surface area (Å²) in [5, 5.41) is 0. The third kappa shape index (κ3) is 6.63. The zero-order valence-corrected chi connectivity index (χ0v) is 17.5. The summed E-state index contributed by atoms with van der Waals surface area (Å²) in [6, 6.07) is 27.3. The maximum absolute atomic E-state index is 12.7. The van der Waals surface area contributed by atoms with Crippen LogP contribution in [0.4, 0.5) is 0 Å². The van der Waals surface area contributed by atoms with Crippen molar-refractivity contribution in [2.45, 2.75) is 26.9 Å². The SMILES string of the molecule is CC(C)C(C/C=C/c1ccccc1)C(=O)OCc1cccc(Oc2ccccc2)c1. The van der Waals surface area contributed by atoms with Crippen LogP contribution in [0.15, 0.2) is 91.0 Å². The normalized spacial score (nSPS) is 12.1. The van der Waals surface area contributed by atoms with E-state index in [0.717, 1.165) is 22.6 Å². The van der Waals surface area contributed by atoms with Crippen molar-refractivity contribution in [2.24, 2.45) is 11.8 Å². The van der Waals surface area contributed by atoms with Crippen molar-refractivity contribution in [3.63, 3.8) is 0 Å². The topological polar surface area (TPSA) is 35.5 Å². The van der Waals surface area contributed by atoms with Crippen LogP contribution in [-0.2, 0) is 16.1 Å². The van der Waals surface area contributed by atoms with Crippen LogP contribution in [-0.4, -0.2) is 5.97 Å². The minimum Gasteiger partial charge on any atom is -0.461 e. The first kappa shape index (κ1) is 21.4. The molecule has 3 rings (SSSR count). The fourth-order valence-corrected chi connectivity index (χ4v) is 3.14. The van der Waals surface area contributed by atoms with Crippen molar-refractivity contribution < 1.29 is 14.3 Å². The van der Waals surface area contributed by atoms with Gasteiger partial charge in [0.2, 0.25) is 0 Å². The minimum absolute atomic E-state index is 0.169. The van der Waals surface area contributed by atoms with Gasteiger partial charge in [0.15, 0.2) is 0 Å². The predicted octanol–water partition coefficient (Wildman–Crippen LogP) is 6.90. The van der Waals surface area contributed by atoms with E-state index in [2.05, 4.69) is 19.9 Å². The summed E-state index contributed by atoms with van der Waals surface area (Å²) in [7, 11) is 0. The van der Waals surface area contributed by atoms with Crippen LogP contribution in [0.25, 0.3) is 6.08 Å². The molecule has 0 saturated heterocycles. The van der Waals surface area contributed by atoms with Gasteiger partial charge in [-0.1, -0.05) is 86.7 Å². The van der Waals surface area contributed by atoms with Gasteiger partial charge in [0, 0.05) is 0 Å². The van der Waals surface area contributed by atoms with Crippen molar-refractivity contribution in [1.82, 2.24) is 0 Å². The number of hydrogen-bond acceptors (Lipinski definition) is 3. The van der Waals surface area contributed by atoms with Crippen molar-refractivity contribution in [3.05, 3.63) is 102 Å². The molecule has 0 fully saturated rings. The third-order valence-corrected chi connectivity index (χ3v) is 4.87. The molecule has 0 heterocycles. The average Bonchev–Trinajstić information content (AvgIpc) is 2.76. The first-order valence-electron chi connectivity index (χ1n) is 10.3. The number of esters is 1. The number of hydrogen-bond donors (Lipinski definition) is 0. The van der Waals surface area contributed by atoms with Gasteiger partial charge < -0.3 is 9.47 Å². The molecule has 154 valence electrons. The van der Waals surface area contributed by atoms with Gasteiger partial charge >= 0.3 is 5.97 Å². The fourth-order valence-electron chi connectivity index (χ4n) is 3.14. The summed E-state index contributed by atoms with van der Waals surface area (Å²) in [4.78, 5) is 12.7. The Morgan fingerprint density at radius 2 is 1.53 bits per heavy atom. The highest BCUT2D eigenvalue weighted by Crippen LogP contribution is 2.23. The van der Waals surface area contributed by atoms with E-state index in [-0.39, 0.29) is 24.4 Å². The van der Waals surface area contributed by atoms with Crippen molar-refractivity contribution >= 4 is 12.0 Å². The lowest BCUT2D eigenvalue weighted by Crippen LogP contribution is -2.22. The predicted molar refractivity (Wildman–Crippen MR) is 121 cm³/mol. The fraction of sp³-hybridized carbons (Fsp3) is 0.222. The van der Waals surface area contributed by atoms with Crippen LogP contribution in [0, 0.1) is 11.8 Å². The molecular weight excluding hydrogens is 372 g/mol. The van der Waals surface area contributed by atoms with Gasteiger partial charge in [-0.3, -0.25) is 4.79 Å². The average molecular weight is 401 g/mol. The van der Waals surface area contributed by atoms with Crippen LogP contribution in [0.2, 0.25) is 0 Å². The molecule has 0 amide bonds. The molecule has 0 aliphatic rings. The van der Waals surface area contributed by atoms with Gasteiger partial charge in [0.25, 0.3) is 0 Å². The van der Waals surface area contributed by atoms with E-state index in [1.807, 2.05) is 91.0 Å².